The van der Waals surface area contributed by atoms with Crippen molar-refractivity contribution in [2.75, 3.05) is 13.1 Å². The molecule has 0 saturated carbocycles. The van der Waals surface area contributed by atoms with Crippen LogP contribution in [0.5, 0.6) is 0 Å². The van der Waals surface area contributed by atoms with Crippen molar-refractivity contribution in [2.24, 2.45) is 20.5 Å². The van der Waals surface area contributed by atoms with Crippen molar-refractivity contribution < 1.29 is 0 Å². The fourth-order valence-corrected chi connectivity index (χ4v) is 1.35. The molecule has 102 valence electrons. The first kappa shape index (κ1) is 15.5. The van der Waals surface area contributed by atoms with Crippen LogP contribution in [-0.4, -0.2) is 13.1 Å². The normalized spacial score (nSPS) is 10.7. The Bertz CT molecular complexity index is 469. The highest BCUT2D eigenvalue weighted by Gasteiger charge is 1.93. The molecule has 0 heterocycles. The van der Waals surface area contributed by atoms with E-state index in [0.29, 0.717) is 39.0 Å². The number of hydrogen-bond acceptors (Lipinski definition) is 6. The first-order chi connectivity index (χ1) is 9.86. The molecule has 0 atom stereocenters. The maximum atomic E-state index is 8.35. The predicted octanol–water partition coefficient (Wildman–Crippen LogP) is 3.42. The number of azo groups is 2. The van der Waals surface area contributed by atoms with Crippen LogP contribution in [0.3, 0.4) is 0 Å². The van der Waals surface area contributed by atoms with E-state index < -0.39 is 0 Å². The van der Waals surface area contributed by atoms with Gasteiger partial charge in [0.1, 0.15) is 0 Å². The van der Waals surface area contributed by atoms with Gasteiger partial charge in [0, 0.05) is 0 Å². The Morgan fingerprint density at radius 1 is 0.700 bits per heavy atom. The van der Waals surface area contributed by atoms with Gasteiger partial charge >= 0.3 is 0 Å². The van der Waals surface area contributed by atoms with E-state index in [0.717, 1.165) is 11.1 Å². The Balaban J connectivity index is 2.33. The molecule has 1 aromatic rings. The van der Waals surface area contributed by atoms with Gasteiger partial charge in [0.15, 0.2) is 0 Å². The van der Waals surface area contributed by atoms with Crippen molar-refractivity contribution in [1.82, 2.24) is 0 Å². The third-order valence-corrected chi connectivity index (χ3v) is 2.38. The van der Waals surface area contributed by atoms with Crippen molar-refractivity contribution in [1.29, 1.82) is 10.5 Å². The Hall–Kier alpha value is -2.60. The smallest absolute Gasteiger partial charge is 0.0849 e. The van der Waals surface area contributed by atoms with Gasteiger partial charge < -0.3 is 0 Å². The second kappa shape index (κ2) is 10.3. The molecule has 0 aliphatic rings. The van der Waals surface area contributed by atoms with Crippen LogP contribution in [0.4, 0.5) is 0 Å². The van der Waals surface area contributed by atoms with Crippen LogP contribution in [0.2, 0.25) is 0 Å². The number of hydrogen-bond donors (Lipinski definition) is 0. The quantitative estimate of drug-likeness (QED) is 0.533. The van der Waals surface area contributed by atoms with Gasteiger partial charge in [0.2, 0.25) is 0 Å². The van der Waals surface area contributed by atoms with Gasteiger partial charge in [0.25, 0.3) is 0 Å². The maximum absolute atomic E-state index is 8.35. The third kappa shape index (κ3) is 6.97. The van der Waals surface area contributed by atoms with E-state index in [-0.39, 0.29) is 0 Å². The molecule has 6 heteroatoms. The molecular formula is C14H16N6. The molecule has 0 aliphatic carbocycles. The van der Waals surface area contributed by atoms with Crippen LogP contribution < -0.4 is 0 Å². The fraction of sp³-hybridized carbons (Fsp3) is 0.429. The van der Waals surface area contributed by atoms with E-state index in [1.807, 2.05) is 36.4 Å². The van der Waals surface area contributed by atoms with Crippen LogP contribution in [-0.2, 0) is 13.1 Å². The van der Waals surface area contributed by atoms with Crippen molar-refractivity contribution >= 4 is 0 Å². The van der Waals surface area contributed by atoms with Crippen LogP contribution in [0.25, 0.3) is 0 Å². The summed E-state index contributed by atoms with van der Waals surface area (Å²) in [7, 11) is 0. The first-order valence-corrected chi connectivity index (χ1v) is 6.35. The van der Waals surface area contributed by atoms with E-state index in [1.165, 1.54) is 0 Å². The molecule has 0 bridgehead atoms. The molecule has 6 nitrogen and oxygen atoms in total. The van der Waals surface area contributed by atoms with Crippen molar-refractivity contribution in [3.63, 3.8) is 0 Å². The molecule has 0 aromatic heterocycles. The SMILES string of the molecule is N#CCCN=NCc1ccc(CN=NCCC#N)cc1. The Labute approximate surface area is 118 Å². The molecule has 1 aromatic carbocycles. The Morgan fingerprint density at radius 3 is 1.45 bits per heavy atom. The average molecular weight is 268 g/mol. The summed E-state index contributed by atoms with van der Waals surface area (Å²) in [6.45, 7) is 1.96. The molecule has 0 aliphatic heterocycles. The van der Waals surface area contributed by atoms with Crippen LogP contribution in [0.15, 0.2) is 44.7 Å². The second-order valence-electron chi connectivity index (χ2n) is 3.96. The van der Waals surface area contributed by atoms with Crippen molar-refractivity contribution in [3.05, 3.63) is 35.4 Å². The minimum Gasteiger partial charge on any atom is -0.198 e. The summed E-state index contributed by atoms with van der Waals surface area (Å²) < 4.78 is 0. The monoisotopic (exact) mass is 268 g/mol. The highest BCUT2D eigenvalue weighted by atomic mass is 15.1. The number of nitrogens with zero attached hydrogens (tertiary/aromatic N) is 6. The molecule has 1 rings (SSSR count). The molecule has 0 saturated heterocycles. The van der Waals surface area contributed by atoms with Crippen molar-refractivity contribution in [3.8, 4) is 12.1 Å². The van der Waals surface area contributed by atoms with Gasteiger partial charge in [-0.3, -0.25) is 0 Å². The van der Waals surface area contributed by atoms with Crippen LogP contribution >= 0.6 is 0 Å². The molecule has 0 radical (unpaired) electrons. The standard InChI is InChI=1S/C14H16N6/c15-7-1-9-17-19-11-13-3-5-14(6-4-13)12-20-18-10-2-8-16/h3-6H,1-2,9-12H2. The fourth-order valence-electron chi connectivity index (χ4n) is 1.35. The van der Waals surface area contributed by atoms with E-state index in [1.54, 1.807) is 0 Å². The van der Waals surface area contributed by atoms with E-state index in [2.05, 4.69) is 20.5 Å². The molecule has 20 heavy (non-hydrogen) atoms. The average Bonchev–Trinajstić information content (AvgIpc) is 2.48. The first-order valence-electron chi connectivity index (χ1n) is 6.35. The van der Waals surface area contributed by atoms with Gasteiger partial charge in [-0.2, -0.15) is 31.0 Å². The lowest BCUT2D eigenvalue weighted by Gasteiger charge is -1.98. The second-order valence-corrected chi connectivity index (χ2v) is 3.96. The molecule has 0 N–H and O–H groups in total. The molecule has 0 spiro atoms. The summed E-state index contributed by atoms with van der Waals surface area (Å²) in [4.78, 5) is 0. The summed E-state index contributed by atoms with van der Waals surface area (Å²) in [5.41, 5.74) is 2.13. The zero-order chi connectivity index (χ0) is 14.5. The van der Waals surface area contributed by atoms with Gasteiger partial charge in [-0.1, -0.05) is 24.3 Å². The predicted molar refractivity (Wildman–Crippen MR) is 73.8 cm³/mol. The molecule has 0 fully saturated rings. The summed E-state index contributed by atoms with van der Waals surface area (Å²) in [6, 6.07) is 11.9. The van der Waals surface area contributed by atoms with Gasteiger partial charge in [-0.05, 0) is 11.1 Å². The van der Waals surface area contributed by atoms with E-state index >= 15 is 0 Å². The maximum Gasteiger partial charge on any atom is 0.0849 e. The summed E-state index contributed by atoms with van der Waals surface area (Å²) in [5.74, 6) is 0. The molecule has 0 amide bonds. The van der Waals surface area contributed by atoms with Gasteiger partial charge in [-0.15, -0.1) is 0 Å². The number of benzene rings is 1. The van der Waals surface area contributed by atoms with E-state index in [4.69, 9.17) is 10.5 Å². The van der Waals surface area contributed by atoms with Crippen molar-refractivity contribution in [2.45, 2.75) is 25.9 Å². The Morgan fingerprint density at radius 2 is 1.10 bits per heavy atom. The third-order valence-electron chi connectivity index (χ3n) is 2.38. The highest BCUT2D eigenvalue weighted by molar-refractivity contribution is 5.22. The lowest BCUT2D eigenvalue weighted by Crippen LogP contribution is -1.85. The minimum absolute atomic E-state index is 0.402. The topological polar surface area (TPSA) is 97.0 Å². The number of nitriles is 2. The largest absolute Gasteiger partial charge is 0.198 e. The van der Waals surface area contributed by atoms with Crippen LogP contribution in [0, 0.1) is 22.7 Å². The van der Waals surface area contributed by atoms with E-state index in [9.17, 15) is 0 Å². The van der Waals surface area contributed by atoms with Crippen LogP contribution in [0.1, 0.15) is 24.0 Å². The highest BCUT2D eigenvalue weighted by Crippen LogP contribution is 2.07. The Kier molecular flexibility index (Phi) is 7.99. The zero-order valence-electron chi connectivity index (χ0n) is 11.2. The zero-order valence-corrected chi connectivity index (χ0v) is 11.2. The summed E-state index contributed by atoms with van der Waals surface area (Å²) in [6.07, 6.45) is 0.804. The van der Waals surface area contributed by atoms with Gasteiger partial charge in [0.05, 0.1) is 51.2 Å². The minimum atomic E-state index is 0.402. The summed E-state index contributed by atoms with van der Waals surface area (Å²) in [5, 5.41) is 32.5. The summed E-state index contributed by atoms with van der Waals surface area (Å²) >= 11 is 0. The lowest BCUT2D eigenvalue weighted by molar-refractivity contribution is 0.838. The van der Waals surface area contributed by atoms with Gasteiger partial charge in [-0.25, -0.2) is 0 Å². The molecule has 0 unspecified atom stereocenters. The molecular weight excluding hydrogens is 252 g/mol. The number of rotatable bonds is 8. The lowest BCUT2D eigenvalue weighted by atomic mass is 10.1.